The van der Waals surface area contributed by atoms with Gasteiger partial charge in [0.1, 0.15) is 0 Å². The minimum absolute atomic E-state index is 0.383. The molecule has 15 heavy (non-hydrogen) atoms. The molecule has 1 aliphatic rings. The van der Waals surface area contributed by atoms with E-state index >= 15 is 0 Å². The Hall–Kier alpha value is 0.367. The maximum atomic E-state index is 12.0. The Morgan fingerprint density at radius 3 is 2.20 bits per heavy atom. The summed E-state index contributed by atoms with van der Waals surface area (Å²) in [5.74, 6) is 0. The van der Waals surface area contributed by atoms with Crippen LogP contribution in [0.2, 0.25) is 18.1 Å². The van der Waals surface area contributed by atoms with Gasteiger partial charge in [-0.3, -0.25) is 4.21 Å². The largest absolute Gasteiger partial charge is 0.259 e. The van der Waals surface area contributed by atoms with E-state index in [2.05, 4.69) is 40.8 Å². The van der Waals surface area contributed by atoms with Crippen molar-refractivity contribution in [2.24, 2.45) is 0 Å². The second-order valence-corrected chi connectivity index (χ2v) is 14.2. The molecule has 1 nitrogen and oxygen atoms in total. The lowest BCUT2D eigenvalue weighted by Crippen LogP contribution is -2.44. The number of unbranched alkanes of at least 4 members (excludes halogenated alkanes) is 1. The van der Waals surface area contributed by atoms with Crippen LogP contribution in [0.5, 0.6) is 0 Å². The van der Waals surface area contributed by atoms with Crippen LogP contribution in [-0.2, 0) is 10.8 Å². The summed E-state index contributed by atoms with van der Waals surface area (Å²) in [6.45, 7) is 14.0. The van der Waals surface area contributed by atoms with Gasteiger partial charge in [0, 0.05) is 20.9 Å². The van der Waals surface area contributed by atoms with E-state index in [1.54, 1.807) is 0 Å². The lowest BCUT2D eigenvalue weighted by atomic mass is 10.2. The first kappa shape index (κ1) is 13.4. The number of rotatable bonds is 4. The molecule has 0 bridgehead atoms. The van der Waals surface area contributed by atoms with Crippen LogP contribution < -0.4 is 0 Å². The van der Waals surface area contributed by atoms with Crippen molar-refractivity contribution in [3.63, 3.8) is 0 Å². The highest BCUT2D eigenvalue weighted by atomic mass is 32.2. The van der Waals surface area contributed by atoms with Crippen molar-refractivity contribution >= 4 is 18.9 Å². The van der Waals surface area contributed by atoms with Gasteiger partial charge in [0.15, 0.2) is 0 Å². The number of hydrogen-bond donors (Lipinski definition) is 0. The molecule has 1 fully saturated rings. The SMILES string of the molecule is CCCC[C@H]1[C@@H]([Si](C)(C)C(C)(C)C)S1=O. The van der Waals surface area contributed by atoms with E-state index in [9.17, 15) is 4.21 Å². The molecule has 1 saturated heterocycles. The van der Waals surface area contributed by atoms with E-state index < -0.39 is 18.9 Å². The maximum absolute atomic E-state index is 12.0. The molecular formula is C12H26OSSi. The van der Waals surface area contributed by atoms with E-state index in [-0.39, 0.29) is 0 Å². The van der Waals surface area contributed by atoms with Gasteiger partial charge in [-0.1, -0.05) is 53.6 Å². The summed E-state index contributed by atoms with van der Waals surface area (Å²) in [4.78, 5) is 0.573. The van der Waals surface area contributed by atoms with Gasteiger partial charge in [-0.05, 0) is 11.5 Å². The van der Waals surface area contributed by atoms with E-state index in [1.807, 2.05) is 0 Å². The standard InChI is InChI=1S/C12H26OSSi/c1-7-8-9-10-11(14(10)13)15(5,6)12(2,3)4/h10-11H,7-9H2,1-6H3/t10-,11+,14?/m0/s1. The molecule has 0 amide bonds. The fourth-order valence-corrected chi connectivity index (χ4v) is 10.3. The molecule has 1 heterocycles. The molecular weight excluding hydrogens is 220 g/mol. The summed E-state index contributed by atoms with van der Waals surface area (Å²) in [5, 5.41) is 0.930. The predicted octanol–water partition coefficient (Wildman–Crippen LogP) is 3.72. The lowest BCUT2D eigenvalue weighted by Gasteiger charge is -2.36. The van der Waals surface area contributed by atoms with E-state index in [0.29, 0.717) is 15.2 Å². The molecule has 3 heteroatoms. The molecule has 0 aliphatic carbocycles. The lowest BCUT2D eigenvalue weighted by molar-refractivity contribution is 0.685. The second-order valence-electron chi connectivity index (χ2n) is 6.40. The summed E-state index contributed by atoms with van der Waals surface area (Å²) in [7, 11) is -1.84. The molecule has 0 radical (unpaired) electrons. The van der Waals surface area contributed by atoms with Gasteiger partial charge in [-0.15, -0.1) is 0 Å². The number of hydrogen-bond acceptors (Lipinski definition) is 1. The molecule has 0 aromatic heterocycles. The Morgan fingerprint density at radius 2 is 1.80 bits per heavy atom. The second kappa shape index (κ2) is 4.32. The van der Waals surface area contributed by atoms with Crippen LogP contribution in [0.25, 0.3) is 0 Å². The highest BCUT2D eigenvalue weighted by molar-refractivity contribution is 7.96. The van der Waals surface area contributed by atoms with Crippen molar-refractivity contribution in [2.75, 3.05) is 0 Å². The monoisotopic (exact) mass is 246 g/mol. The topological polar surface area (TPSA) is 17.1 Å². The van der Waals surface area contributed by atoms with Crippen LogP contribution in [0.1, 0.15) is 47.0 Å². The normalized spacial score (nSPS) is 31.7. The van der Waals surface area contributed by atoms with E-state index in [0.717, 1.165) is 0 Å². The Morgan fingerprint density at radius 1 is 1.27 bits per heavy atom. The summed E-state index contributed by atoms with van der Waals surface area (Å²) in [5.41, 5.74) is 0. The van der Waals surface area contributed by atoms with Crippen LogP contribution in [0, 0.1) is 0 Å². The van der Waals surface area contributed by atoms with Crippen LogP contribution >= 0.6 is 0 Å². The fraction of sp³-hybridized carbons (Fsp3) is 1.00. The highest BCUT2D eigenvalue weighted by Crippen LogP contribution is 2.49. The zero-order chi connectivity index (χ0) is 11.9. The first-order chi connectivity index (χ1) is 6.73. The third kappa shape index (κ3) is 2.55. The Labute approximate surface area is 98.5 Å². The van der Waals surface area contributed by atoms with Gasteiger partial charge < -0.3 is 0 Å². The van der Waals surface area contributed by atoms with Gasteiger partial charge in [0.25, 0.3) is 0 Å². The molecule has 0 N–H and O–H groups in total. The molecule has 0 aromatic carbocycles. The van der Waals surface area contributed by atoms with Crippen molar-refractivity contribution in [1.82, 2.24) is 0 Å². The molecule has 0 aromatic rings. The van der Waals surface area contributed by atoms with Crippen molar-refractivity contribution in [2.45, 2.75) is 75.2 Å². The average molecular weight is 246 g/mol. The zero-order valence-corrected chi connectivity index (χ0v) is 12.9. The maximum Gasteiger partial charge on any atom is 0.0719 e. The molecule has 1 aliphatic heterocycles. The fourth-order valence-electron chi connectivity index (χ4n) is 2.09. The van der Waals surface area contributed by atoms with Crippen molar-refractivity contribution in [1.29, 1.82) is 0 Å². The molecule has 0 saturated carbocycles. The van der Waals surface area contributed by atoms with Crippen LogP contribution in [-0.4, -0.2) is 22.4 Å². The van der Waals surface area contributed by atoms with Gasteiger partial charge in [-0.2, -0.15) is 0 Å². The zero-order valence-electron chi connectivity index (χ0n) is 11.1. The smallest absolute Gasteiger partial charge is 0.0719 e. The predicted molar refractivity (Wildman–Crippen MR) is 72.4 cm³/mol. The quantitative estimate of drug-likeness (QED) is 0.546. The molecule has 0 spiro atoms. The molecule has 3 atom stereocenters. The van der Waals surface area contributed by atoms with Gasteiger partial charge in [-0.25, -0.2) is 0 Å². The van der Waals surface area contributed by atoms with Crippen LogP contribution in [0.3, 0.4) is 0 Å². The van der Waals surface area contributed by atoms with Crippen molar-refractivity contribution < 1.29 is 4.21 Å². The highest BCUT2D eigenvalue weighted by Gasteiger charge is 2.59. The van der Waals surface area contributed by atoms with E-state index in [4.69, 9.17) is 0 Å². The Kier molecular flexibility index (Phi) is 3.87. The van der Waals surface area contributed by atoms with Gasteiger partial charge in [0.05, 0.1) is 8.07 Å². The summed E-state index contributed by atoms with van der Waals surface area (Å²) < 4.78 is 12.0. The average Bonchev–Trinajstić information content (AvgIpc) is 2.71. The molecule has 1 unspecified atom stereocenters. The first-order valence-electron chi connectivity index (χ1n) is 6.13. The Balaban J connectivity index is 2.64. The summed E-state index contributed by atoms with van der Waals surface area (Å²) in [6, 6.07) is 0. The summed E-state index contributed by atoms with van der Waals surface area (Å²) in [6.07, 6.45) is 3.68. The summed E-state index contributed by atoms with van der Waals surface area (Å²) >= 11 is 0. The van der Waals surface area contributed by atoms with Crippen molar-refractivity contribution in [3.05, 3.63) is 0 Å². The third-order valence-corrected chi connectivity index (χ3v) is 14.3. The van der Waals surface area contributed by atoms with Gasteiger partial charge >= 0.3 is 0 Å². The minimum Gasteiger partial charge on any atom is -0.259 e. The molecule has 1 rings (SSSR count). The molecule has 90 valence electrons. The third-order valence-electron chi connectivity index (χ3n) is 4.30. The van der Waals surface area contributed by atoms with Crippen LogP contribution in [0.4, 0.5) is 0 Å². The van der Waals surface area contributed by atoms with Crippen LogP contribution in [0.15, 0.2) is 0 Å². The van der Waals surface area contributed by atoms with Gasteiger partial charge in [0.2, 0.25) is 0 Å². The minimum atomic E-state index is -1.35. The Bertz CT molecular complexity index is 255. The van der Waals surface area contributed by atoms with E-state index in [1.165, 1.54) is 19.3 Å². The van der Waals surface area contributed by atoms with Crippen molar-refractivity contribution in [3.8, 4) is 0 Å². The first-order valence-corrected chi connectivity index (χ1v) is 10.5.